The molecule has 2 radical (unpaired) electrons. The molecule has 100 valence electrons. The number of piperidine rings is 1. The minimum Gasteiger partial charge on any atom is -0.346 e. The monoisotopic (exact) mass is 247 g/mol. The van der Waals surface area contributed by atoms with E-state index in [-0.39, 0.29) is 16.6 Å². The molecule has 0 aromatic rings. The summed E-state index contributed by atoms with van der Waals surface area (Å²) in [5.41, 5.74) is 0.172. The number of rotatable bonds is 0. The van der Waals surface area contributed by atoms with E-state index in [9.17, 15) is 4.79 Å². The molecule has 3 atom stereocenters. The Hall–Kier alpha value is -0.465. The van der Waals surface area contributed by atoms with Crippen LogP contribution in [0.25, 0.3) is 0 Å². The number of hydrogen-bond acceptors (Lipinski definition) is 1. The van der Waals surface area contributed by atoms with Crippen molar-refractivity contribution in [3.05, 3.63) is 0 Å². The minimum absolute atomic E-state index is 0.0686. The summed E-state index contributed by atoms with van der Waals surface area (Å²) >= 11 is 0. The van der Waals surface area contributed by atoms with Crippen molar-refractivity contribution < 1.29 is 4.79 Å². The highest BCUT2D eigenvalue weighted by Crippen LogP contribution is 2.52. The molecule has 1 aliphatic heterocycles. The van der Waals surface area contributed by atoms with Crippen LogP contribution >= 0.6 is 0 Å². The SMILES string of the molecule is [B]C1(C)CCCC2C(=O)N(C)CCC2C(C)(C)C1. The fourth-order valence-corrected chi connectivity index (χ4v) is 4.35. The molecule has 1 amide bonds. The van der Waals surface area contributed by atoms with Crippen LogP contribution in [0.15, 0.2) is 0 Å². The molecule has 1 saturated heterocycles. The van der Waals surface area contributed by atoms with Gasteiger partial charge in [-0.1, -0.05) is 45.3 Å². The van der Waals surface area contributed by atoms with E-state index in [2.05, 4.69) is 20.8 Å². The second kappa shape index (κ2) is 4.57. The van der Waals surface area contributed by atoms with Crippen LogP contribution in [0.5, 0.6) is 0 Å². The topological polar surface area (TPSA) is 20.3 Å². The van der Waals surface area contributed by atoms with Crippen LogP contribution < -0.4 is 0 Å². The van der Waals surface area contributed by atoms with Gasteiger partial charge in [-0.3, -0.25) is 4.79 Å². The molecule has 0 N–H and O–H groups in total. The van der Waals surface area contributed by atoms with E-state index >= 15 is 0 Å². The van der Waals surface area contributed by atoms with Crippen molar-refractivity contribution in [3.63, 3.8) is 0 Å². The van der Waals surface area contributed by atoms with E-state index < -0.39 is 0 Å². The average Bonchev–Trinajstić information content (AvgIpc) is 2.20. The molecule has 1 aliphatic carbocycles. The van der Waals surface area contributed by atoms with Gasteiger partial charge >= 0.3 is 0 Å². The maximum Gasteiger partial charge on any atom is 0.225 e. The maximum absolute atomic E-state index is 12.4. The largest absolute Gasteiger partial charge is 0.346 e. The molecule has 0 aromatic carbocycles. The summed E-state index contributed by atoms with van der Waals surface area (Å²) in [6, 6.07) is 0. The van der Waals surface area contributed by atoms with Crippen molar-refractivity contribution in [1.29, 1.82) is 0 Å². The van der Waals surface area contributed by atoms with E-state index in [1.807, 2.05) is 11.9 Å². The van der Waals surface area contributed by atoms with Gasteiger partial charge < -0.3 is 4.90 Å². The van der Waals surface area contributed by atoms with Crippen molar-refractivity contribution >= 4 is 13.8 Å². The summed E-state index contributed by atoms with van der Waals surface area (Å²) in [6.07, 6.45) is 5.30. The lowest BCUT2D eigenvalue weighted by Gasteiger charge is -2.49. The molecular weight excluding hydrogens is 221 g/mol. The van der Waals surface area contributed by atoms with E-state index in [1.165, 1.54) is 0 Å². The fraction of sp³-hybridized carbons (Fsp3) is 0.933. The predicted octanol–water partition coefficient (Wildman–Crippen LogP) is 3.03. The Labute approximate surface area is 113 Å². The highest BCUT2D eigenvalue weighted by molar-refractivity contribution is 6.14. The van der Waals surface area contributed by atoms with E-state index in [1.54, 1.807) is 0 Å². The van der Waals surface area contributed by atoms with E-state index in [4.69, 9.17) is 7.85 Å². The lowest BCUT2D eigenvalue weighted by Crippen LogP contribution is -2.49. The Morgan fingerprint density at radius 2 is 1.94 bits per heavy atom. The smallest absolute Gasteiger partial charge is 0.225 e. The van der Waals surface area contributed by atoms with E-state index in [0.29, 0.717) is 11.8 Å². The van der Waals surface area contributed by atoms with Gasteiger partial charge in [0.15, 0.2) is 0 Å². The molecule has 0 aromatic heterocycles. The van der Waals surface area contributed by atoms with Gasteiger partial charge in [-0.15, -0.1) is 0 Å². The molecule has 2 nitrogen and oxygen atoms in total. The summed E-state index contributed by atoms with van der Waals surface area (Å²) in [4.78, 5) is 14.3. The van der Waals surface area contributed by atoms with Crippen LogP contribution in [-0.4, -0.2) is 32.2 Å². The van der Waals surface area contributed by atoms with Crippen molar-refractivity contribution in [1.82, 2.24) is 4.90 Å². The van der Waals surface area contributed by atoms with Gasteiger partial charge in [0, 0.05) is 19.5 Å². The van der Waals surface area contributed by atoms with Crippen molar-refractivity contribution in [2.75, 3.05) is 13.6 Å². The van der Waals surface area contributed by atoms with Crippen LogP contribution in [0, 0.1) is 17.3 Å². The van der Waals surface area contributed by atoms with Crippen LogP contribution in [0.1, 0.15) is 52.9 Å². The second-order valence-corrected chi connectivity index (χ2v) is 7.47. The van der Waals surface area contributed by atoms with Gasteiger partial charge in [0.25, 0.3) is 0 Å². The third-order valence-corrected chi connectivity index (χ3v) is 5.08. The van der Waals surface area contributed by atoms with Gasteiger partial charge in [0.2, 0.25) is 5.91 Å². The summed E-state index contributed by atoms with van der Waals surface area (Å²) in [7, 11) is 8.35. The molecule has 2 fully saturated rings. The molecule has 0 spiro atoms. The molecule has 0 bridgehead atoms. The van der Waals surface area contributed by atoms with Crippen molar-refractivity contribution in [2.24, 2.45) is 17.3 Å². The number of nitrogens with zero attached hydrogens (tertiary/aromatic N) is 1. The number of hydrogen-bond donors (Lipinski definition) is 0. The van der Waals surface area contributed by atoms with Gasteiger partial charge in [-0.05, 0) is 24.2 Å². The average molecular weight is 247 g/mol. The first-order valence-electron chi connectivity index (χ1n) is 7.27. The Kier molecular flexibility index (Phi) is 3.55. The van der Waals surface area contributed by atoms with E-state index in [0.717, 1.165) is 38.6 Å². The second-order valence-electron chi connectivity index (χ2n) is 7.47. The Bertz CT molecular complexity index is 337. The number of likely N-dealkylation sites (tertiary alicyclic amines) is 1. The van der Waals surface area contributed by atoms with Crippen LogP contribution in [0.4, 0.5) is 0 Å². The van der Waals surface area contributed by atoms with Crippen molar-refractivity contribution in [3.8, 4) is 0 Å². The first-order valence-corrected chi connectivity index (χ1v) is 7.27. The Morgan fingerprint density at radius 1 is 1.28 bits per heavy atom. The molecule has 3 heteroatoms. The number of amides is 1. The molecule has 3 unspecified atom stereocenters. The normalized spacial score (nSPS) is 40.9. The minimum atomic E-state index is -0.0686. The Balaban J connectivity index is 2.25. The molecule has 1 heterocycles. The zero-order valence-electron chi connectivity index (χ0n) is 12.3. The molecule has 18 heavy (non-hydrogen) atoms. The maximum atomic E-state index is 12.4. The predicted molar refractivity (Wildman–Crippen MR) is 75.6 cm³/mol. The quantitative estimate of drug-likeness (QED) is 0.602. The highest BCUT2D eigenvalue weighted by Gasteiger charge is 2.45. The number of fused-ring (bicyclic) bond motifs is 1. The van der Waals surface area contributed by atoms with Crippen LogP contribution in [0.3, 0.4) is 0 Å². The molecule has 2 aliphatic rings. The zero-order valence-corrected chi connectivity index (χ0v) is 12.3. The Morgan fingerprint density at radius 3 is 2.61 bits per heavy atom. The third-order valence-electron chi connectivity index (χ3n) is 5.08. The highest BCUT2D eigenvalue weighted by atomic mass is 16.2. The van der Waals surface area contributed by atoms with Gasteiger partial charge in [0.1, 0.15) is 0 Å². The summed E-state index contributed by atoms with van der Waals surface area (Å²) in [5.74, 6) is 1.10. The van der Waals surface area contributed by atoms with Crippen LogP contribution in [0.2, 0.25) is 5.31 Å². The molecule has 2 rings (SSSR count). The summed E-state index contributed by atoms with van der Waals surface area (Å²) in [6.45, 7) is 7.69. The summed E-state index contributed by atoms with van der Waals surface area (Å²) in [5, 5.41) is -0.0686. The lowest BCUT2D eigenvalue weighted by atomic mass is 9.53. The fourth-order valence-electron chi connectivity index (χ4n) is 4.35. The van der Waals surface area contributed by atoms with Gasteiger partial charge in [0.05, 0.1) is 7.85 Å². The zero-order chi connectivity index (χ0) is 13.6. The number of carbonyl (C=O) groups excluding carboxylic acids is 1. The molecular formula is C15H26BNO. The lowest BCUT2D eigenvalue weighted by molar-refractivity contribution is -0.144. The third kappa shape index (κ3) is 2.60. The number of carbonyl (C=O) groups is 1. The summed E-state index contributed by atoms with van der Waals surface area (Å²) < 4.78 is 0. The molecule has 1 saturated carbocycles. The first-order chi connectivity index (χ1) is 8.23. The first kappa shape index (κ1) is 14.0. The van der Waals surface area contributed by atoms with Gasteiger partial charge in [-0.2, -0.15) is 0 Å². The van der Waals surface area contributed by atoms with Gasteiger partial charge in [-0.25, -0.2) is 0 Å². The van der Waals surface area contributed by atoms with Crippen molar-refractivity contribution in [2.45, 2.75) is 58.2 Å². The standard InChI is InChI=1S/C15H26BNO/c1-14(2)10-15(3,16)8-5-6-11-12(14)7-9-17(4)13(11)18/h11-12H,5-10H2,1-4H3. The van der Waals surface area contributed by atoms with Crippen LogP contribution in [-0.2, 0) is 4.79 Å².